The minimum Gasteiger partial charge on any atom is -0.550 e. The Labute approximate surface area is 204 Å². The van der Waals surface area contributed by atoms with Gasteiger partial charge in [-0.3, -0.25) is 0 Å². The Morgan fingerprint density at radius 3 is 0.962 bits per heavy atom. The van der Waals surface area contributed by atoms with E-state index in [0.29, 0.717) is 0 Å². The average Bonchev–Trinajstić information content (AvgIpc) is 2.60. The average molecular weight is 491 g/mol. The van der Waals surface area contributed by atoms with Crippen molar-refractivity contribution in [3.05, 3.63) is 0 Å². The molecule has 0 amide bonds. The van der Waals surface area contributed by atoms with Crippen molar-refractivity contribution >= 4 is 54.9 Å². The molecule has 0 atom stereocenters. The molecule has 0 spiro atoms. The summed E-state index contributed by atoms with van der Waals surface area (Å²) in [6.45, 7) is 2.28. The van der Waals surface area contributed by atoms with Gasteiger partial charge in [-0.05, 0) is 12.8 Å². The van der Waals surface area contributed by atoms with Gasteiger partial charge in [-0.25, -0.2) is 0 Å². The molecule has 0 N–H and O–H groups in total. The van der Waals surface area contributed by atoms with Crippen molar-refractivity contribution in [2.45, 2.75) is 142 Å². The second-order valence-electron chi connectivity index (χ2n) is 7.84. The van der Waals surface area contributed by atoms with Gasteiger partial charge in [0.15, 0.2) is 0 Å². The number of carboxylic acids is 1. The van der Waals surface area contributed by atoms with Crippen molar-refractivity contribution < 1.29 is 9.90 Å². The zero-order valence-electron chi connectivity index (χ0n) is 17.9. The molecule has 0 aliphatic heterocycles. The van der Waals surface area contributed by atoms with Gasteiger partial charge in [0.1, 0.15) is 0 Å². The number of carbonyl (C=O) groups is 1. The van der Waals surface area contributed by atoms with E-state index in [2.05, 4.69) is 6.92 Å². The summed E-state index contributed by atoms with van der Waals surface area (Å²) in [4.78, 5) is 10.3. The van der Waals surface area contributed by atoms with Crippen molar-refractivity contribution in [1.82, 2.24) is 0 Å². The van der Waals surface area contributed by atoms with E-state index in [1.54, 1.807) is 0 Å². The van der Waals surface area contributed by atoms with Gasteiger partial charge in [0.25, 0.3) is 0 Å². The minimum absolute atomic E-state index is 0. The molecule has 0 fully saturated rings. The molecule has 0 bridgehead atoms. The molecule has 0 aliphatic rings. The van der Waals surface area contributed by atoms with Crippen LogP contribution in [0.4, 0.5) is 0 Å². The maximum Gasteiger partial charge on any atom is 2.00 e. The Balaban J connectivity index is 0. The normalized spacial score (nSPS) is 10.7. The van der Waals surface area contributed by atoms with Gasteiger partial charge >= 0.3 is 48.9 Å². The van der Waals surface area contributed by atoms with Crippen LogP contribution in [-0.2, 0) is 4.79 Å². The Morgan fingerprint density at radius 2 is 0.731 bits per heavy atom. The number of hydrogen-bond acceptors (Lipinski definition) is 2. The smallest absolute Gasteiger partial charge is 0.550 e. The summed E-state index contributed by atoms with van der Waals surface area (Å²) in [5, 5.41) is 10.3. The van der Waals surface area contributed by atoms with Crippen LogP contribution in [0.15, 0.2) is 0 Å². The van der Waals surface area contributed by atoms with Gasteiger partial charge in [0, 0.05) is 5.97 Å². The molecule has 0 rings (SSSR count). The van der Waals surface area contributed by atoms with E-state index in [0.717, 1.165) is 12.8 Å². The van der Waals surface area contributed by atoms with Crippen LogP contribution in [0.2, 0.25) is 0 Å². The van der Waals surface area contributed by atoms with Gasteiger partial charge in [-0.2, -0.15) is 0 Å². The van der Waals surface area contributed by atoms with E-state index >= 15 is 0 Å². The Bertz CT molecular complexity index is 269. The van der Waals surface area contributed by atoms with Gasteiger partial charge in [-0.1, -0.05) is 129 Å². The molecule has 150 valence electrons. The van der Waals surface area contributed by atoms with E-state index in [4.69, 9.17) is 0 Å². The van der Waals surface area contributed by atoms with Gasteiger partial charge < -0.3 is 9.90 Å². The molecular weight excluding hydrogens is 446 g/mol. The van der Waals surface area contributed by atoms with E-state index < -0.39 is 5.97 Å². The van der Waals surface area contributed by atoms with Gasteiger partial charge in [0.2, 0.25) is 0 Å². The molecule has 0 unspecified atom stereocenters. The summed E-state index contributed by atoms with van der Waals surface area (Å²) in [6.07, 6.45) is 27.2. The molecule has 3 heteroatoms. The van der Waals surface area contributed by atoms with E-state index in [9.17, 15) is 9.90 Å². The molecule has 26 heavy (non-hydrogen) atoms. The fourth-order valence-electron chi connectivity index (χ4n) is 3.52. The van der Waals surface area contributed by atoms with Crippen molar-refractivity contribution in [2.75, 3.05) is 0 Å². The van der Waals surface area contributed by atoms with Crippen LogP contribution in [0, 0.1) is 0 Å². The number of aliphatic carboxylic acids is 1. The maximum absolute atomic E-state index is 10.3. The summed E-state index contributed by atoms with van der Waals surface area (Å²) >= 11 is 0. The van der Waals surface area contributed by atoms with Crippen LogP contribution >= 0.6 is 0 Å². The van der Waals surface area contributed by atoms with Gasteiger partial charge in [-0.15, -0.1) is 0 Å². The Morgan fingerprint density at radius 1 is 0.500 bits per heavy atom. The fourth-order valence-corrected chi connectivity index (χ4v) is 3.52. The molecule has 2 nitrogen and oxygen atoms in total. The summed E-state index contributed by atoms with van der Waals surface area (Å²) in [6, 6.07) is 0. The van der Waals surface area contributed by atoms with Crippen molar-refractivity contribution in [1.29, 1.82) is 0 Å². The molecule has 0 radical (unpaired) electrons. The molecule has 0 aromatic rings. The molecule has 0 aliphatic carbocycles. The number of hydrogen-bond donors (Lipinski definition) is 0. The summed E-state index contributed by atoms with van der Waals surface area (Å²) in [5.41, 5.74) is 0. The quantitative estimate of drug-likeness (QED) is 0.135. The standard InChI is InChI=1S/C23H46O2.Ba/c1-2-3-4-5-6-7-8-9-10-11-12-13-14-15-16-17-18-19-20-21-22-23(24)25;/h2-22H2,1H3,(H,24,25);/q;+2/p-1. The number of unbranched alkanes of at least 4 members (excludes halogenated alkanes) is 19. The number of carboxylic acid groups (broad SMARTS) is 1. The van der Waals surface area contributed by atoms with Crippen LogP contribution < -0.4 is 5.11 Å². The summed E-state index contributed by atoms with van der Waals surface area (Å²) in [5.74, 6) is -0.901. The molecule has 0 heterocycles. The molecular formula is C23H45BaO2+. The summed E-state index contributed by atoms with van der Waals surface area (Å²) < 4.78 is 0. The van der Waals surface area contributed by atoms with Crippen molar-refractivity contribution in [2.24, 2.45) is 0 Å². The fraction of sp³-hybridized carbons (Fsp3) is 0.957. The summed E-state index contributed by atoms with van der Waals surface area (Å²) in [7, 11) is 0. The SMILES string of the molecule is CCCCCCCCCCCCCCCCCCCCCCC(=O)[O-].[Ba+2]. The monoisotopic (exact) mass is 491 g/mol. The molecule has 0 aromatic heterocycles. The first-order valence-electron chi connectivity index (χ1n) is 11.5. The van der Waals surface area contributed by atoms with Crippen LogP contribution in [-0.4, -0.2) is 54.9 Å². The molecule has 0 saturated carbocycles. The van der Waals surface area contributed by atoms with Crippen molar-refractivity contribution in [3.63, 3.8) is 0 Å². The zero-order valence-corrected chi connectivity index (χ0v) is 22.3. The van der Waals surface area contributed by atoms with E-state index in [-0.39, 0.29) is 55.3 Å². The number of rotatable bonds is 21. The third-order valence-electron chi connectivity index (χ3n) is 5.23. The predicted molar refractivity (Wildman–Crippen MR) is 113 cm³/mol. The van der Waals surface area contributed by atoms with Gasteiger partial charge in [0.05, 0.1) is 0 Å². The first kappa shape index (κ1) is 29.2. The predicted octanol–water partition coefficient (Wildman–Crippen LogP) is 6.57. The maximum atomic E-state index is 10.3. The van der Waals surface area contributed by atoms with Crippen LogP contribution in [0.3, 0.4) is 0 Å². The third-order valence-corrected chi connectivity index (χ3v) is 5.23. The van der Waals surface area contributed by atoms with E-state index in [1.165, 1.54) is 116 Å². The van der Waals surface area contributed by atoms with Crippen LogP contribution in [0.25, 0.3) is 0 Å². The first-order valence-corrected chi connectivity index (χ1v) is 11.5. The second kappa shape index (κ2) is 26.0. The third kappa shape index (κ3) is 27.3. The van der Waals surface area contributed by atoms with Crippen LogP contribution in [0.5, 0.6) is 0 Å². The minimum atomic E-state index is -0.901. The zero-order chi connectivity index (χ0) is 18.4. The second-order valence-corrected chi connectivity index (χ2v) is 7.84. The molecule has 0 aromatic carbocycles. The molecule has 0 saturated heterocycles. The van der Waals surface area contributed by atoms with E-state index in [1.807, 2.05) is 0 Å². The topological polar surface area (TPSA) is 40.1 Å². The first-order chi connectivity index (χ1) is 12.3. The Kier molecular flexibility index (Phi) is 29.3. The van der Waals surface area contributed by atoms with Crippen LogP contribution in [0.1, 0.15) is 142 Å². The largest absolute Gasteiger partial charge is 2.00 e. The Hall–Kier alpha value is 1.04. The number of carbonyl (C=O) groups excluding carboxylic acids is 1. The van der Waals surface area contributed by atoms with Crippen molar-refractivity contribution in [3.8, 4) is 0 Å².